The largest absolute Gasteiger partial charge is 0.316 e. The first kappa shape index (κ1) is 10.9. The van der Waals surface area contributed by atoms with Crippen LogP contribution in [0.3, 0.4) is 0 Å². The van der Waals surface area contributed by atoms with E-state index in [9.17, 15) is 4.79 Å². The third-order valence-corrected chi connectivity index (χ3v) is 3.20. The molecule has 1 amide bonds. The molecule has 0 radical (unpaired) electrons. The smallest absolute Gasteiger partial charge is 0.246 e. The maximum absolute atomic E-state index is 11.5. The Morgan fingerprint density at radius 2 is 2.40 bits per heavy atom. The van der Waals surface area contributed by atoms with Gasteiger partial charge in [0.15, 0.2) is 0 Å². The second kappa shape index (κ2) is 5.47. The average molecular weight is 212 g/mol. The van der Waals surface area contributed by atoms with Crippen LogP contribution in [0.25, 0.3) is 0 Å². The number of rotatable bonds is 3. The Bertz CT molecular complexity index is 215. The first-order valence-corrected chi connectivity index (χ1v) is 6.00. The minimum Gasteiger partial charge on any atom is -0.316 e. The number of hydroxylamine groups is 2. The fourth-order valence-electron chi connectivity index (χ4n) is 2.25. The minimum atomic E-state index is 0.157. The highest BCUT2D eigenvalue weighted by atomic mass is 16.7. The number of amides is 1. The summed E-state index contributed by atoms with van der Waals surface area (Å²) in [4.78, 5) is 16.8. The van der Waals surface area contributed by atoms with Gasteiger partial charge in [-0.25, -0.2) is 5.06 Å². The molecule has 1 N–H and O–H groups in total. The van der Waals surface area contributed by atoms with Crippen molar-refractivity contribution in [2.45, 2.75) is 32.1 Å². The van der Waals surface area contributed by atoms with Crippen molar-refractivity contribution in [3.8, 4) is 0 Å². The van der Waals surface area contributed by atoms with E-state index in [1.165, 1.54) is 12.8 Å². The zero-order valence-electron chi connectivity index (χ0n) is 9.21. The van der Waals surface area contributed by atoms with Gasteiger partial charge in [0.25, 0.3) is 0 Å². The molecule has 0 aliphatic carbocycles. The van der Waals surface area contributed by atoms with Gasteiger partial charge in [-0.2, -0.15) is 0 Å². The number of nitrogens with zero attached hydrogens (tertiary/aromatic N) is 1. The van der Waals surface area contributed by atoms with Crippen molar-refractivity contribution in [1.29, 1.82) is 0 Å². The van der Waals surface area contributed by atoms with Gasteiger partial charge in [0.05, 0.1) is 6.61 Å². The number of hydrogen-bond acceptors (Lipinski definition) is 3. The highest BCUT2D eigenvalue weighted by molar-refractivity contribution is 5.75. The molecule has 0 saturated carbocycles. The van der Waals surface area contributed by atoms with Crippen LogP contribution in [-0.4, -0.2) is 37.2 Å². The van der Waals surface area contributed by atoms with E-state index in [4.69, 9.17) is 4.84 Å². The Morgan fingerprint density at radius 3 is 3.13 bits per heavy atom. The van der Waals surface area contributed by atoms with Crippen LogP contribution in [0.2, 0.25) is 0 Å². The van der Waals surface area contributed by atoms with Gasteiger partial charge in [-0.15, -0.1) is 0 Å². The van der Waals surface area contributed by atoms with Crippen molar-refractivity contribution < 1.29 is 9.63 Å². The lowest BCUT2D eigenvalue weighted by atomic mass is 9.96. The summed E-state index contributed by atoms with van der Waals surface area (Å²) in [6.07, 6.45) is 5.15. The number of carbonyl (C=O) groups is 1. The quantitative estimate of drug-likeness (QED) is 0.756. The molecule has 1 atom stereocenters. The standard InChI is InChI=1S/C11H20N2O2/c14-11-4-2-8-15-13(11)7-5-10-3-1-6-12-9-10/h10,12H,1-9H2. The highest BCUT2D eigenvalue weighted by Crippen LogP contribution is 2.16. The first-order chi connectivity index (χ1) is 7.36. The van der Waals surface area contributed by atoms with Crippen LogP contribution < -0.4 is 5.32 Å². The summed E-state index contributed by atoms with van der Waals surface area (Å²) in [5.41, 5.74) is 0. The van der Waals surface area contributed by atoms with Crippen LogP contribution in [0.15, 0.2) is 0 Å². The Balaban J connectivity index is 1.69. The minimum absolute atomic E-state index is 0.157. The van der Waals surface area contributed by atoms with E-state index >= 15 is 0 Å². The van der Waals surface area contributed by atoms with Crippen molar-refractivity contribution >= 4 is 5.91 Å². The molecule has 0 spiro atoms. The lowest BCUT2D eigenvalue weighted by Gasteiger charge is -2.29. The maximum Gasteiger partial charge on any atom is 0.246 e. The van der Waals surface area contributed by atoms with E-state index in [-0.39, 0.29) is 5.91 Å². The van der Waals surface area contributed by atoms with Gasteiger partial charge in [-0.05, 0) is 44.7 Å². The van der Waals surface area contributed by atoms with Crippen LogP contribution in [-0.2, 0) is 9.63 Å². The molecule has 1 unspecified atom stereocenters. The van der Waals surface area contributed by atoms with Crippen LogP contribution in [0.1, 0.15) is 32.1 Å². The molecule has 2 fully saturated rings. The second-order valence-electron chi connectivity index (χ2n) is 4.43. The molecule has 2 aliphatic heterocycles. The second-order valence-corrected chi connectivity index (χ2v) is 4.43. The predicted octanol–water partition coefficient (Wildman–Crippen LogP) is 0.930. The van der Waals surface area contributed by atoms with Crippen LogP contribution in [0.5, 0.6) is 0 Å². The van der Waals surface area contributed by atoms with Gasteiger partial charge in [0.2, 0.25) is 5.91 Å². The summed E-state index contributed by atoms with van der Waals surface area (Å²) >= 11 is 0. The molecule has 0 bridgehead atoms. The predicted molar refractivity (Wildman–Crippen MR) is 57.1 cm³/mol. The van der Waals surface area contributed by atoms with Crippen LogP contribution in [0.4, 0.5) is 0 Å². The fraction of sp³-hybridized carbons (Fsp3) is 0.909. The van der Waals surface area contributed by atoms with Crippen molar-refractivity contribution in [1.82, 2.24) is 10.4 Å². The van der Waals surface area contributed by atoms with Gasteiger partial charge < -0.3 is 5.32 Å². The maximum atomic E-state index is 11.5. The zero-order valence-corrected chi connectivity index (χ0v) is 9.21. The molecule has 0 aromatic rings. The number of piperidine rings is 1. The summed E-state index contributed by atoms with van der Waals surface area (Å²) in [6, 6.07) is 0. The molecule has 2 aliphatic rings. The molecule has 15 heavy (non-hydrogen) atoms. The molecule has 4 nitrogen and oxygen atoms in total. The van der Waals surface area contributed by atoms with E-state index < -0.39 is 0 Å². The average Bonchev–Trinajstić information content (AvgIpc) is 2.29. The number of nitrogens with one attached hydrogen (secondary N) is 1. The molecule has 2 saturated heterocycles. The number of carbonyl (C=O) groups excluding carboxylic acids is 1. The third-order valence-electron chi connectivity index (χ3n) is 3.20. The van der Waals surface area contributed by atoms with Gasteiger partial charge in [0, 0.05) is 13.0 Å². The van der Waals surface area contributed by atoms with Gasteiger partial charge in [-0.1, -0.05) is 0 Å². The summed E-state index contributed by atoms with van der Waals surface area (Å²) in [5, 5.41) is 4.96. The molecule has 0 aromatic heterocycles. The lowest BCUT2D eigenvalue weighted by molar-refractivity contribution is -0.199. The lowest BCUT2D eigenvalue weighted by Crippen LogP contribution is -2.38. The summed E-state index contributed by atoms with van der Waals surface area (Å²) in [6.45, 7) is 3.72. The molecule has 4 heteroatoms. The zero-order chi connectivity index (χ0) is 10.5. The normalized spacial score (nSPS) is 28.1. The monoisotopic (exact) mass is 212 g/mol. The molecule has 86 valence electrons. The Hall–Kier alpha value is -0.610. The molecule has 2 rings (SSSR count). The van der Waals surface area contributed by atoms with E-state index in [0.29, 0.717) is 13.0 Å². The Kier molecular flexibility index (Phi) is 3.97. The van der Waals surface area contributed by atoms with Crippen molar-refractivity contribution in [3.63, 3.8) is 0 Å². The van der Waals surface area contributed by atoms with Gasteiger partial charge in [-0.3, -0.25) is 9.63 Å². The van der Waals surface area contributed by atoms with E-state index in [2.05, 4.69) is 5.32 Å². The van der Waals surface area contributed by atoms with Crippen LogP contribution in [0, 0.1) is 5.92 Å². The summed E-state index contributed by atoms with van der Waals surface area (Å²) in [7, 11) is 0. The van der Waals surface area contributed by atoms with E-state index in [1.54, 1.807) is 5.06 Å². The highest BCUT2D eigenvalue weighted by Gasteiger charge is 2.21. The topological polar surface area (TPSA) is 41.6 Å². The van der Waals surface area contributed by atoms with Gasteiger partial charge >= 0.3 is 0 Å². The van der Waals surface area contributed by atoms with Crippen molar-refractivity contribution in [2.24, 2.45) is 5.92 Å². The van der Waals surface area contributed by atoms with Crippen molar-refractivity contribution in [3.05, 3.63) is 0 Å². The van der Waals surface area contributed by atoms with Crippen LogP contribution >= 0.6 is 0 Å². The first-order valence-electron chi connectivity index (χ1n) is 6.00. The Morgan fingerprint density at radius 1 is 1.47 bits per heavy atom. The van der Waals surface area contributed by atoms with Gasteiger partial charge in [0.1, 0.15) is 0 Å². The third kappa shape index (κ3) is 3.18. The summed E-state index contributed by atoms with van der Waals surface area (Å²) in [5.74, 6) is 0.877. The SMILES string of the molecule is O=C1CCCON1CCC1CCCNC1. The summed E-state index contributed by atoms with van der Waals surface area (Å²) < 4.78 is 0. The van der Waals surface area contributed by atoms with E-state index in [0.717, 1.165) is 38.4 Å². The molecular formula is C11H20N2O2. The molecule has 0 aromatic carbocycles. The van der Waals surface area contributed by atoms with Crippen molar-refractivity contribution in [2.75, 3.05) is 26.2 Å². The Labute approximate surface area is 90.9 Å². The molecule has 2 heterocycles. The molecular weight excluding hydrogens is 192 g/mol. The van der Waals surface area contributed by atoms with E-state index in [1.807, 2.05) is 0 Å². The fourth-order valence-corrected chi connectivity index (χ4v) is 2.25. The number of hydrogen-bond donors (Lipinski definition) is 1.